The van der Waals surface area contributed by atoms with Gasteiger partial charge >= 0.3 is 0 Å². The van der Waals surface area contributed by atoms with Gasteiger partial charge in [-0.1, -0.05) is 13.8 Å². The molecular formula is C17H30O6. The molecule has 5 atom stereocenters. The normalized spacial score (nSPS) is 41.6. The lowest BCUT2D eigenvalue weighted by Gasteiger charge is -2.29. The van der Waals surface area contributed by atoms with Gasteiger partial charge in [0.25, 0.3) is 0 Å². The molecule has 0 saturated carbocycles. The minimum absolute atomic E-state index is 0.171. The highest BCUT2D eigenvalue weighted by molar-refractivity contribution is 4.98. The van der Waals surface area contributed by atoms with Gasteiger partial charge in [-0.2, -0.15) is 0 Å². The average Bonchev–Trinajstić information content (AvgIpc) is 3.00. The van der Waals surface area contributed by atoms with Crippen LogP contribution in [0.2, 0.25) is 0 Å². The topological polar surface area (TPSA) is 55.4 Å². The highest BCUT2D eigenvalue weighted by Gasteiger charge is 2.58. The molecule has 0 aromatic carbocycles. The lowest BCUT2D eigenvalue weighted by atomic mass is 10.1. The number of hydrogen-bond acceptors (Lipinski definition) is 6. The molecular weight excluding hydrogens is 300 g/mol. The van der Waals surface area contributed by atoms with Crippen molar-refractivity contribution in [3.8, 4) is 0 Å². The first-order valence-electron chi connectivity index (χ1n) is 8.61. The molecule has 3 aliphatic heterocycles. The van der Waals surface area contributed by atoms with E-state index >= 15 is 0 Å². The second kappa shape index (κ2) is 6.24. The van der Waals surface area contributed by atoms with Crippen LogP contribution in [0.25, 0.3) is 0 Å². The predicted molar refractivity (Wildman–Crippen MR) is 82.8 cm³/mol. The van der Waals surface area contributed by atoms with Crippen LogP contribution in [0.4, 0.5) is 0 Å². The molecule has 3 aliphatic rings. The fraction of sp³-hybridized carbons (Fsp3) is 1.00. The maximum atomic E-state index is 6.15. The molecule has 0 unspecified atom stereocenters. The monoisotopic (exact) mass is 330 g/mol. The molecule has 0 amide bonds. The third kappa shape index (κ3) is 3.89. The molecule has 3 heterocycles. The Morgan fingerprint density at radius 3 is 2.35 bits per heavy atom. The summed E-state index contributed by atoms with van der Waals surface area (Å²) in [6.45, 7) is 13.1. The van der Waals surface area contributed by atoms with Crippen molar-refractivity contribution in [2.45, 2.75) is 90.2 Å². The van der Waals surface area contributed by atoms with Crippen LogP contribution in [-0.4, -0.2) is 55.5 Å². The van der Waals surface area contributed by atoms with Crippen LogP contribution in [0.1, 0.15) is 48.0 Å². The largest absolute Gasteiger partial charge is 0.372 e. The van der Waals surface area contributed by atoms with E-state index in [2.05, 4.69) is 13.8 Å². The first kappa shape index (κ1) is 17.6. The number of ether oxygens (including phenoxy) is 6. The number of hydrogen-bond donors (Lipinski definition) is 0. The van der Waals surface area contributed by atoms with Crippen LogP contribution in [-0.2, 0) is 28.4 Å². The Morgan fingerprint density at radius 1 is 1.00 bits per heavy atom. The highest BCUT2D eigenvalue weighted by atomic mass is 16.8. The SMILES string of the molecule is CC(C)CCO[C@@H]1[C@H]([C@@H]2COC(C)(C)O2)O[C@@H]2OC(C)(C)O[C@@H]21. The number of rotatable bonds is 5. The Bertz CT molecular complexity index is 421. The summed E-state index contributed by atoms with van der Waals surface area (Å²) in [4.78, 5) is 0. The van der Waals surface area contributed by atoms with E-state index in [0.29, 0.717) is 19.1 Å². The zero-order valence-corrected chi connectivity index (χ0v) is 15.0. The highest BCUT2D eigenvalue weighted by Crippen LogP contribution is 2.41. The van der Waals surface area contributed by atoms with Crippen molar-refractivity contribution in [3.05, 3.63) is 0 Å². The zero-order valence-electron chi connectivity index (χ0n) is 15.0. The van der Waals surface area contributed by atoms with Crippen molar-refractivity contribution < 1.29 is 28.4 Å². The van der Waals surface area contributed by atoms with E-state index in [1.54, 1.807) is 0 Å². The molecule has 3 saturated heterocycles. The lowest BCUT2D eigenvalue weighted by molar-refractivity contribution is -0.236. The van der Waals surface area contributed by atoms with E-state index in [0.717, 1.165) is 6.42 Å². The standard InChI is InChI=1S/C17H30O6/c1-10(2)7-8-18-13-12(11-9-19-16(3,4)21-11)20-15-14(13)22-17(5,6)23-15/h10-15H,7-9H2,1-6H3/t11-,12-,13+,14+,15+/m0/s1. The summed E-state index contributed by atoms with van der Waals surface area (Å²) in [6.07, 6.45) is -0.257. The zero-order chi connectivity index (χ0) is 16.8. The fourth-order valence-corrected chi connectivity index (χ4v) is 3.31. The predicted octanol–water partition coefficient (Wildman–Crippen LogP) is 2.45. The molecule has 134 valence electrons. The van der Waals surface area contributed by atoms with E-state index in [9.17, 15) is 0 Å². The van der Waals surface area contributed by atoms with Crippen molar-refractivity contribution in [2.75, 3.05) is 13.2 Å². The quantitative estimate of drug-likeness (QED) is 0.772. The van der Waals surface area contributed by atoms with Crippen molar-refractivity contribution in [3.63, 3.8) is 0 Å². The molecule has 0 N–H and O–H groups in total. The smallest absolute Gasteiger partial charge is 0.190 e. The van der Waals surface area contributed by atoms with Crippen LogP contribution < -0.4 is 0 Å². The Morgan fingerprint density at radius 2 is 1.74 bits per heavy atom. The Labute approximate surface area is 138 Å². The second-order valence-corrected chi connectivity index (χ2v) is 7.95. The summed E-state index contributed by atoms with van der Waals surface area (Å²) < 4.78 is 35.8. The van der Waals surface area contributed by atoms with Gasteiger partial charge in [-0.15, -0.1) is 0 Å². The van der Waals surface area contributed by atoms with Gasteiger partial charge in [-0.3, -0.25) is 0 Å². The second-order valence-electron chi connectivity index (χ2n) is 7.95. The van der Waals surface area contributed by atoms with Crippen molar-refractivity contribution in [1.29, 1.82) is 0 Å². The summed E-state index contributed by atoms with van der Waals surface area (Å²) >= 11 is 0. The molecule has 3 fully saturated rings. The van der Waals surface area contributed by atoms with Gasteiger partial charge < -0.3 is 28.4 Å². The van der Waals surface area contributed by atoms with Gasteiger partial charge in [0.2, 0.25) is 0 Å². The van der Waals surface area contributed by atoms with Gasteiger partial charge in [0.05, 0.1) is 6.61 Å². The van der Waals surface area contributed by atoms with E-state index < -0.39 is 17.9 Å². The minimum Gasteiger partial charge on any atom is -0.372 e. The first-order chi connectivity index (χ1) is 10.7. The molecule has 0 aromatic rings. The van der Waals surface area contributed by atoms with Gasteiger partial charge in [0.1, 0.15) is 24.4 Å². The Balaban J connectivity index is 1.68. The maximum Gasteiger partial charge on any atom is 0.190 e. The fourth-order valence-electron chi connectivity index (χ4n) is 3.31. The summed E-state index contributed by atoms with van der Waals surface area (Å²) in [7, 11) is 0. The van der Waals surface area contributed by atoms with E-state index in [4.69, 9.17) is 28.4 Å². The van der Waals surface area contributed by atoms with Crippen molar-refractivity contribution in [2.24, 2.45) is 5.92 Å². The average molecular weight is 330 g/mol. The molecule has 23 heavy (non-hydrogen) atoms. The minimum atomic E-state index is -0.647. The third-order valence-electron chi connectivity index (χ3n) is 4.43. The summed E-state index contributed by atoms with van der Waals surface area (Å²) in [6, 6.07) is 0. The van der Waals surface area contributed by atoms with Crippen LogP contribution in [0.5, 0.6) is 0 Å². The van der Waals surface area contributed by atoms with Gasteiger partial charge in [-0.05, 0) is 40.0 Å². The third-order valence-corrected chi connectivity index (χ3v) is 4.43. The van der Waals surface area contributed by atoms with Crippen LogP contribution in [0, 0.1) is 5.92 Å². The molecule has 0 spiro atoms. The van der Waals surface area contributed by atoms with Crippen LogP contribution >= 0.6 is 0 Å². The Kier molecular flexibility index (Phi) is 4.77. The summed E-state index contributed by atoms with van der Waals surface area (Å²) in [5.41, 5.74) is 0. The molecule has 0 bridgehead atoms. The van der Waals surface area contributed by atoms with E-state index in [1.807, 2.05) is 27.7 Å². The molecule has 6 nitrogen and oxygen atoms in total. The van der Waals surface area contributed by atoms with Crippen molar-refractivity contribution in [1.82, 2.24) is 0 Å². The first-order valence-corrected chi connectivity index (χ1v) is 8.61. The van der Waals surface area contributed by atoms with Gasteiger partial charge in [0, 0.05) is 6.61 Å². The van der Waals surface area contributed by atoms with Gasteiger partial charge in [0.15, 0.2) is 17.9 Å². The summed E-state index contributed by atoms with van der Waals surface area (Å²) in [5.74, 6) is -0.643. The maximum absolute atomic E-state index is 6.15. The van der Waals surface area contributed by atoms with Crippen LogP contribution in [0.15, 0.2) is 0 Å². The van der Waals surface area contributed by atoms with Crippen LogP contribution in [0.3, 0.4) is 0 Å². The Hall–Kier alpha value is -0.240. The molecule has 0 radical (unpaired) electrons. The van der Waals surface area contributed by atoms with Crippen molar-refractivity contribution >= 4 is 0 Å². The molecule has 0 aliphatic carbocycles. The number of fused-ring (bicyclic) bond motifs is 1. The van der Waals surface area contributed by atoms with E-state index in [-0.39, 0.29) is 24.4 Å². The lowest BCUT2D eigenvalue weighted by Crippen LogP contribution is -2.44. The van der Waals surface area contributed by atoms with E-state index in [1.165, 1.54) is 0 Å². The molecule has 3 rings (SSSR count). The van der Waals surface area contributed by atoms with Gasteiger partial charge in [-0.25, -0.2) is 0 Å². The molecule has 6 heteroatoms. The molecule has 0 aromatic heterocycles. The summed E-state index contributed by atoms with van der Waals surface area (Å²) in [5, 5.41) is 0.